The summed E-state index contributed by atoms with van der Waals surface area (Å²) in [6, 6.07) is 10.4. The van der Waals surface area contributed by atoms with E-state index in [0.29, 0.717) is 12.2 Å². The van der Waals surface area contributed by atoms with Gasteiger partial charge >= 0.3 is 0 Å². The number of anilines is 1. The third-order valence-electron chi connectivity index (χ3n) is 3.15. The summed E-state index contributed by atoms with van der Waals surface area (Å²) in [7, 11) is 0. The van der Waals surface area contributed by atoms with E-state index in [1.54, 1.807) is 35.0 Å². The Labute approximate surface area is 122 Å². The fourth-order valence-electron chi connectivity index (χ4n) is 2.09. The summed E-state index contributed by atoms with van der Waals surface area (Å²) in [6.45, 7) is 3.27. The number of nitrogens with one attached hydrogen (secondary N) is 1. The molecule has 0 saturated heterocycles. The van der Waals surface area contributed by atoms with E-state index < -0.39 is 4.92 Å². The maximum absolute atomic E-state index is 10.9. The minimum absolute atomic E-state index is 0.0534. The van der Waals surface area contributed by atoms with Crippen LogP contribution in [0.3, 0.4) is 0 Å². The van der Waals surface area contributed by atoms with Crippen molar-refractivity contribution in [3.63, 3.8) is 0 Å². The summed E-state index contributed by atoms with van der Waals surface area (Å²) in [5, 5.41) is 23.2. The minimum Gasteiger partial charge on any atom is -0.385 e. The Hall–Kier alpha value is -2.81. The highest BCUT2D eigenvalue weighted by Gasteiger charge is 2.12. The molecule has 108 valence electrons. The van der Waals surface area contributed by atoms with E-state index in [1.165, 1.54) is 6.07 Å². The second-order valence-corrected chi connectivity index (χ2v) is 4.66. The number of nitro benzene ring substituents is 1. The van der Waals surface area contributed by atoms with E-state index in [2.05, 4.69) is 18.3 Å². The van der Waals surface area contributed by atoms with E-state index in [9.17, 15) is 10.1 Å². The lowest BCUT2D eigenvalue weighted by Crippen LogP contribution is -2.07. The molecular formula is C15H16N4O2. The summed E-state index contributed by atoms with van der Waals surface area (Å²) < 4.78 is 1.77. The Morgan fingerprint density at radius 1 is 1.43 bits per heavy atom. The van der Waals surface area contributed by atoms with Crippen molar-refractivity contribution in [3.05, 3.63) is 57.9 Å². The van der Waals surface area contributed by atoms with Gasteiger partial charge in [-0.05, 0) is 24.6 Å². The van der Waals surface area contributed by atoms with Crippen molar-refractivity contribution in [2.45, 2.75) is 19.9 Å². The van der Waals surface area contributed by atoms with Crippen molar-refractivity contribution in [1.29, 1.82) is 5.26 Å². The van der Waals surface area contributed by atoms with Crippen molar-refractivity contribution in [1.82, 2.24) is 4.57 Å². The van der Waals surface area contributed by atoms with Crippen LogP contribution in [0.1, 0.15) is 24.6 Å². The lowest BCUT2D eigenvalue weighted by atomic mass is 10.1. The number of hydrogen-bond acceptors (Lipinski definition) is 4. The van der Waals surface area contributed by atoms with Gasteiger partial charge in [-0.2, -0.15) is 5.26 Å². The molecule has 0 spiro atoms. The normalized spacial score (nSPS) is 10.1. The second-order valence-electron chi connectivity index (χ2n) is 4.66. The molecule has 0 atom stereocenters. The highest BCUT2D eigenvalue weighted by Crippen LogP contribution is 2.23. The van der Waals surface area contributed by atoms with E-state index in [-0.39, 0.29) is 5.69 Å². The fourth-order valence-corrected chi connectivity index (χ4v) is 2.09. The topological polar surface area (TPSA) is 83.9 Å². The number of nitriles is 1. The van der Waals surface area contributed by atoms with E-state index in [0.717, 1.165) is 24.2 Å². The van der Waals surface area contributed by atoms with Gasteiger partial charge in [0.15, 0.2) is 0 Å². The molecule has 1 N–H and O–H groups in total. The predicted octanol–water partition coefficient (Wildman–Crippen LogP) is 3.14. The smallest absolute Gasteiger partial charge is 0.269 e. The SMILES string of the molecule is CCCNc1ccc([N+](=O)[O-])cc1Cn1cccc1C#N. The van der Waals surface area contributed by atoms with Crippen molar-refractivity contribution in [3.8, 4) is 6.07 Å². The molecule has 0 aliphatic carbocycles. The molecule has 0 amide bonds. The molecule has 0 fully saturated rings. The maximum Gasteiger partial charge on any atom is 0.269 e. The average Bonchev–Trinajstić information content (AvgIpc) is 2.93. The first-order valence-corrected chi connectivity index (χ1v) is 6.72. The molecule has 2 aromatic rings. The molecule has 0 saturated carbocycles. The molecule has 1 heterocycles. The molecule has 0 aliphatic heterocycles. The van der Waals surface area contributed by atoms with Crippen molar-refractivity contribution in [2.75, 3.05) is 11.9 Å². The zero-order chi connectivity index (χ0) is 15.2. The van der Waals surface area contributed by atoms with Gasteiger partial charge in [-0.1, -0.05) is 6.92 Å². The molecular weight excluding hydrogens is 268 g/mol. The van der Waals surface area contributed by atoms with Gasteiger partial charge < -0.3 is 9.88 Å². The predicted molar refractivity (Wildman–Crippen MR) is 80.1 cm³/mol. The summed E-state index contributed by atoms with van der Waals surface area (Å²) in [5.41, 5.74) is 2.24. The van der Waals surface area contributed by atoms with Crippen LogP contribution in [0.2, 0.25) is 0 Å². The van der Waals surface area contributed by atoms with E-state index >= 15 is 0 Å². The van der Waals surface area contributed by atoms with Gasteiger partial charge in [0, 0.05) is 36.1 Å². The van der Waals surface area contributed by atoms with Gasteiger partial charge in [0.05, 0.1) is 11.5 Å². The fraction of sp³-hybridized carbons (Fsp3) is 0.267. The number of nitrogens with zero attached hydrogens (tertiary/aromatic N) is 3. The first-order valence-electron chi connectivity index (χ1n) is 6.72. The molecule has 0 aliphatic rings. The van der Waals surface area contributed by atoms with Crippen LogP contribution >= 0.6 is 0 Å². The van der Waals surface area contributed by atoms with Crippen molar-refractivity contribution >= 4 is 11.4 Å². The van der Waals surface area contributed by atoms with Crippen LogP contribution in [0.15, 0.2) is 36.5 Å². The first-order chi connectivity index (χ1) is 10.2. The standard InChI is InChI=1S/C15H16N4O2/c1-2-7-17-15-6-5-13(19(20)21)9-12(15)11-18-8-3-4-14(18)10-16/h3-6,8-9,17H,2,7,11H2,1H3. The van der Waals surface area contributed by atoms with E-state index in [4.69, 9.17) is 5.26 Å². The lowest BCUT2D eigenvalue weighted by Gasteiger charge is -2.12. The molecule has 0 bridgehead atoms. The second kappa shape index (κ2) is 6.57. The Morgan fingerprint density at radius 3 is 2.90 bits per heavy atom. The molecule has 2 rings (SSSR count). The molecule has 21 heavy (non-hydrogen) atoms. The van der Waals surface area contributed by atoms with Crippen LogP contribution in [0.4, 0.5) is 11.4 Å². The Bertz CT molecular complexity index is 685. The zero-order valence-electron chi connectivity index (χ0n) is 11.7. The summed E-state index contributed by atoms with van der Waals surface area (Å²) in [6.07, 6.45) is 2.75. The van der Waals surface area contributed by atoms with Gasteiger partial charge in [0.2, 0.25) is 0 Å². The number of non-ortho nitro benzene ring substituents is 1. The quantitative estimate of drug-likeness (QED) is 0.652. The number of benzene rings is 1. The minimum atomic E-state index is -0.409. The third-order valence-corrected chi connectivity index (χ3v) is 3.15. The van der Waals surface area contributed by atoms with Gasteiger partial charge in [-0.25, -0.2) is 0 Å². The van der Waals surface area contributed by atoms with Crippen molar-refractivity contribution < 1.29 is 4.92 Å². The molecule has 1 aromatic carbocycles. The Morgan fingerprint density at radius 2 is 2.24 bits per heavy atom. The molecule has 0 radical (unpaired) electrons. The monoisotopic (exact) mass is 284 g/mol. The highest BCUT2D eigenvalue weighted by atomic mass is 16.6. The van der Waals surface area contributed by atoms with Gasteiger partial charge in [0.1, 0.15) is 11.8 Å². The van der Waals surface area contributed by atoms with E-state index in [1.807, 2.05) is 0 Å². The number of hydrogen-bond donors (Lipinski definition) is 1. The largest absolute Gasteiger partial charge is 0.385 e. The van der Waals surface area contributed by atoms with Crippen molar-refractivity contribution in [2.24, 2.45) is 0 Å². The Kier molecular flexibility index (Phi) is 4.57. The third kappa shape index (κ3) is 3.39. The average molecular weight is 284 g/mol. The first kappa shape index (κ1) is 14.6. The van der Waals surface area contributed by atoms with Crippen LogP contribution in [0.25, 0.3) is 0 Å². The summed E-state index contributed by atoms with van der Waals surface area (Å²) in [5.74, 6) is 0. The lowest BCUT2D eigenvalue weighted by molar-refractivity contribution is -0.384. The van der Waals surface area contributed by atoms with Crippen LogP contribution in [0.5, 0.6) is 0 Å². The van der Waals surface area contributed by atoms with Crippen LogP contribution in [-0.4, -0.2) is 16.0 Å². The number of nitro groups is 1. The van der Waals surface area contributed by atoms with Gasteiger partial charge in [-0.3, -0.25) is 10.1 Å². The highest BCUT2D eigenvalue weighted by molar-refractivity contribution is 5.56. The maximum atomic E-state index is 10.9. The van der Waals surface area contributed by atoms with Gasteiger partial charge in [-0.15, -0.1) is 0 Å². The zero-order valence-corrected chi connectivity index (χ0v) is 11.7. The van der Waals surface area contributed by atoms with Crippen LogP contribution in [-0.2, 0) is 6.54 Å². The Balaban J connectivity index is 2.36. The van der Waals surface area contributed by atoms with Gasteiger partial charge in [0.25, 0.3) is 5.69 Å². The summed E-state index contributed by atoms with van der Waals surface area (Å²) >= 11 is 0. The molecule has 1 aromatic heterocycles. The molecule has 0 unspecified atom stereocenters. The number of aromatic nitrogens is 1. The van der Waals surface area contributed by atoms with Crippen LogP contribution < -0.4 is 5.32 Å². The molecule has 6 heteroatoms. The number of rotatable bonds is 6. The van der Waals surface area contributed by atoms with Crippen LogP contribution in [0, 0.1) is 21.4 Å². The molecule has 6 nitrogen and oxygen atoms in total. The summed E-state index contributed by atoms with van der Waals surface area (Å²) in [4.78, 5) is 10.5.